The zero-order valence-electron chi connectivity index (χ0n) is 10.5. The van der Waals surface area contributed by atoms with Crippen LogP contribution >= 0.6 is 11.6 Å². The molecule has 1 aromatic heterocycles. The first-order valence-electron chi connectivity index (χ1n) is 6.87. The average Bonchev–Trinajstić information content (AvgIpc) is 2.80. The molecule has 19 heavy (non-hydrogen) atoms. The SMILES string of the molecule is Nc1cc(C(=O)NC2C3C4CCC(C4)C23)c(Cl)cn1. The minimum Gasteiger partial charge on any atom is -0.384 e. The standard InChI is InChI=1S/C14H16ClN3O/c15-9-5-17-10(16)4-8(9)14(19)18-13-11-6-1-2-7(3-6)12(11)13/h4-7,11-13H,1-3H2,(H2,16,17)(H,18,19). The molecule has 3 N–H and O–H groups in total. The lowest BCUT2D eigenvalue weighted by Crippen LogP contribution is -2.30. The van der Waals surface area contributed by atoms with E-state index in [1.165, 1.54) is 25.5 Å². The van der Waals surface area contributed by atoms with E-state index in [9.17, 15) is 4.79 Å². The molecule has 4 rings (SSSR count). The number of nitrogens with zero attached hydrogens (tertiary/aromatic N) is 1. The summed E-state index contributed by atoms with van der Waals surface area (Å²) in [6, 6.07) is 1.91. The lowest BCUT2D eigenvalue weighted by Gasteiger charge is -2.11. The predicted molar refractivity (Wildman–Crippen MR) is 72.7 cm³/mol. The quantitative estimate of drug-likeness (QED) is 0.870. The first kappa shape index (κ1) is 11.5. The summed E-state index contributed by atoms with van der Waals surface area (Å²) in [6.07, 6.45) is 5.51. The summed E-state index contributed by atoms with van der Waals surface area (Å²) >= 11 is 6.01. The highest BCUT2D eigenvalue weighted by atomic mass is 35.5. The molecule has 3 fully saturated rings. The number of amides is 1. The molecular formula is C14H16ClN3O. The molecule has 3 saturated carbocycles. The molecule has 0 radical (unpaired) electrons. The highest BCUT2D eigenvalue weighted by molar-refractivity contribution is 6.33. The van der Waals surface area contributed by atoms with Crippen LogP contribution in [0.2, 0.25) is 5.02 Å². The molecule has 1 amide bonds. The van der Waals surface area contributed by atoms with Crippen LogP contribution in [0.3, 0.4) is 0 Å². The van der Waals surface area contributed by atoms with Crippen LogP contribution in [-0.2, 0) is 0 Å². The number of carbonyl (C=O) groups excluding carboxylic acids is 1. The number of pyridine rings is 1. The van der Waals surface area contributed by atoms with Gasteiger partial charge in [-0.3, -0.25) is 4.79 Å². The van der Waals surface area contributed by atoms with Gasteiger partial charge in [-0.05, 0) is 49.0 Å². The number of carbonyl (C=O) groups is 1. The Morgan fingerprint density at radius 3 is 2.74 bits per heavy atom. The van der Waals surface area contributed by atoms with Crippen LogP contribution in [0.5, 0.6) is 0 Å². The molecule has 4 unspecified atom stereocenters. The second-order valence-electron chi connectivity index (χ2n) is 6.08. The minimum absolute atomic E-state index is 0.113. The van der Waals surface area contributed by atoms with E-state index in [1.807, 2.05) is 0 Å². The molecule has 1 aromatic rings. The van der Waals surface area contributed by atoms with Gasteiger partial charge in [-0.1, -0.05) is 11.6 Å². The third kappa shape index (κ3) is 1.66. The first-order chi connectivity index (χ1) is 9.15. The third-order valence-corrected chi connectivity index (χ3v) is 5.46. The van der Waals surface area contributed by atoms with Gasteiger partial charge in [-0.15, -0.1) is 0 Å². The van der Waals surface area contributed by atoms with E-state index in [0.717, 1.165) is 23.7 Å². The molecule has 4 atom stereocenters. The number of nitrogens with one attached hydrogen (secondary N) is 1. The van der Waals surface area contributed by atoms with E-state index in [0.29, 0.717) is 22.4 Å². The Bertz CT molecular complexity index is 546. The Hall–Kier alpha value is -1.29. The fraction of sp³-hybridized carbons (Fsp3) is 0.571. The number of hydrogen-bond donors (Lipinski definition) is 2. The monoisotopic (exact) mass is 277 g/mol. The summed E-state index contributed by atoms with van der Waals surface area (Å²) < 4.78 is 0. The molecule has 5 heteroatoms. The van der Waals surface area contributed by atoms with E-state index in [4.69, 9.17) is 17.3 Å². The Balaban J connectivity index is 1.50. The van der Waals surface area contributed by atoms with Crippen LogP contribution in [0.4, 0.5) is 5.82 Å². The van der Waals surface area contributed by atoms with E-state index in [2.05, 4.69) is 10.3 Å². The maximum Gasteiger partial charge on any atom is 0.253 e. The van der Waals surface area contributed by atoms with Gasteiger partial charge in [0.05, 0.1) is 10.6 Å². The Morgan fingerprint density at radius 1 is 1.37 bits per heavy atom. The van der Waals surface area contributed by atoms with E-state index in [1.54, 1.807) is 6.07 Å². The average molecular weight is 278 g/mol. The van der Waals surface area contributed by atoms with E-state index >= 15 is 0 Å². The Kier molecular flexibility index (Phi) is 2.34. The maximum absolute atomic E-state index is 12.3. The summed E-state index contributed by atoms with van der Waals surface area (Å²) in [5, 5.41) is 3.50. The van der Waals surface area contributed by atoms with Gasteiger partial charge in [0.25, 0.3) is 5.91 Å². The number of rotatable bonds is 2. The zero-order valence-corrected chi connectivity index (χ0v) is 11.2. The fourth-order valence-electron chi connectivity index (χ4n) is 4.38. The van der Waals surface area contributed by atoms with E-state index in [-0.39, 0.29) is 5.91 Å². The van der Waals surface area contributed by atoms with Crippen molar-refractivity contribution < 1.29 is 4.79 Å². The van der Waals surface area contributed by atoms with Gasteiger partial charge < -0.3 is 11.1 Å². The topological polar surface area (TPSA) is 68.0 Å². The van der Waals surface area contributed by atoms with Crippen molar-refractivity contribution in [2.45, 2.75) is 25.3 Å². The summed E-state index contributed by atoms with van der Waals surface area (Å²) in [5.41, 5.74) is 6.04. The van der Waals surface area contributed by atoms with Crippen LogP contribution in [0.15, 0.2) is 12.3 Å². The highest BCUT2D eigenvalue weighted by Gasteiger charge is 2.65. The molecule has 3 aliphatic carbocycles. The van der Waals surface area contributed by atoms with Crippen LogP contribution in [0.1, 0.15) is 29.6 Å². The Labute approximate surface area is 116 Å². The van der Waals surface area contributed by atoms with Gasteiger partial charge >= 0.3 is 0 Å². The molecule has 0 spiro atoms. The molecule has 2 bridgehead atoms. The number of hydrogen-bond acceptors (Lipinski definition) is 3. The van der Waals surface area contributed by atoms with Crippen molar-refractivity contribution in [3.05, 3.63) is 22.8 Å². The van der Waals surface area contributed by atoms with Gasteiger partial charge in [0.15, 0.2) is 0 Å². The largest absolute Gasteiger partial charge is 0.384 e. The number of aromatic nitrogens is 1. The van der Waals surface area contributed by atoms with Gasteiger partial charge in [0.1, 0.15) is 5.82 Å². The molecule has 0 aromatic carbocycles. The first-order valence-corrected chi connectivity index (χ1v) is 7.25. The predicted octanol–water partition coefficient (Wildman–Crippen LogP) is 2.09. The second kappa shape index (κ2) is 3.85. The third-order valence-electron chi connectivity index (χ3n) is 5.15. The normalized spacial score (nSPS) is 38.1. The van der Waals surface area contributed by atoms with Crippen molar-refractivity contribution in [2.75, 3.05) is 5.73 Å². The van der Waals surface area contributed by atoms with Gasteiger partial charge in [-0.25, -0.2) is 4.98 Å². The highest BCUT2D eigenvalue weighted by Crippen LogP contribution is 2.65. The molecule has 4 nitrogen and oxygen atoms in total. The molecule has 0 aliphatic heterocycles. The summed E-state index contributed by atoms with van der Waals surface area (Å²) in [4.78, 5) is 16.1. The molecule has 100 valence electrons. The number of nitrogens with two attached hydrogens (primary N) is 1. The fourth-order valence-corrected chi connectivity index (χ4v) is 4.57. The number of halogens is 1. The molecule has 1 heterocycles. The smallest absolute Gasteiger partial charge is 0.253 e. The molecular weight excluding hydrogens is 262 g/mol. The number of fused-ring (bicyclic) bond motifs is 5. The van der Waals surface area contributed by atoms with Crippen LogP contribution in [0.25, 0.3) is 0 Å². The van der Waals surface area contributed by atoms with Gasteiger partial charge in [0.2, 0.25) is 0 Å². The number of nitrogen functional groups attached to an aromatic ring is 1. The van der Waals surface area contributed by atoms with Crippen molar-refractivity contribution in [3.8, 4) is 0 Å². The lowest BCUT2D eigenvalue weighted by atomic mass is 10.0. The summed E-state index contributed by atoms with van der Waals surface area (Å²) in [6.45, 7) is 0. The zero-order chi connectivity index (χ0) is 13.1. The molecule has 0 saturated heterocycles. The van der Waals surface area contributed by atoms with Crippen molar-refractivity contribution in [1.82, 2.24) is 10.3 Å². The Morgan fingerprint density at radius 2 is 2.05 bits per heavy atom. The van der Waals surface area contributed by atoms with Gasteiger partial charge in [0, 0.05) is 12.2 Å². The van der Waals surface area contributed by atoms with Crippen molar-refractivity contribution in [1.29, 1.82) is 0 Å². The van der Waals surface area contributed by atoms with Crippen LogP contribution in [-0.4, -0.2) is 16.9 Å². The van der Waals surface area contributed by atoms with Crippen LogP contribution in [0, 0.1) is 23.7 Å². The van der Waals surface area contributed by atoms with Gasteiger partial charge in [-0.2, -0.15) is 0 Å². The number of anilines is 1. The van der Waals surface area contributed by atoms with Crippen molar-refractivity contribution >= 4 is 23.3 Å². The summed E-state index contributed by atoms with van der Waals surface area (Å²) in [7, 11) is 0. The van der Waals surface area contributed by atoms with Crippen LogP contribution < -0.4 is 11.1 Å². The lowest BCUT2D eigenvalue weighted by molar-refractivity contribution is 0.0944. The minimum atomic E-state index is -0.113. The van der Waals surface area contributed by atoms with Crippen molar-refractivity contribution in [3.63, 3.8) is 0 Å². The second-order valence-corrected chi connectivity index (χ2v) is 6.48. The summed E-state index contributed by atoms with van der Waals surface area (Å²) in [5.74, 6) is 3.35. The van der Waals surface area contributed by atoms with E-state index < -0.39 is 0 Å². The van der Waals surface area contributed by atoms with Crippen molar-refractivity contribution in [2.24, 2.45) is 23.7 Å². The maximum atomic E-state index is 12.3. The molecule has 3 aliphatic rings.